The van der Waals surface area contributed by atoms with E-state index in [1.807, 2.05) is 6.20 Å². The van der Waals surface area contributed by atoms with Gasteiger partial charge >= 0.3 is 0 Å². The van der Waals surface area contributed by atoms with E-state index >= 15 is 0 Å². The highest BCUT2D eigenvalue weighted by Crippen LogP contribution is 2.49. The van der Waals surface area contributed by atoms with E-state index in [1.165, 1.54) is 92.7 Å². The van der Waals surface area contributed by atoms with Crippen LogP contribution in [-0.2, 0) is 27.1 Å². The zero-order chi connectivity index (χ0) is 59.8. The van der Waals surface area contributed by atoms with Crippen molar-refractivity contribution in [3.8, 4) is 39.6 Å². The molecule has 85 heavy (non-hydrogen) atoms. The van der Waals surface area contributed by atoms with Gasteiger partial charge in [0.25, 0.3) is 0 Å². The molecule has 2 aliphatic rings. The third-order valence-electron chi connectivity index (χ3n) is 18.5. The van der Waals surface area contributed by atoms with Crippen molar-refractivity contribution in [1.29, 1.82) is 0 Å². The van der Waals surface area contributed by atoms with E-state index in [-0.39, 0.29) is 27.1 Å². The monoisotopic (exact) mass is 1130 g/mol. The highest BCUT2D eigenvalue weighted by atomic mass is 28.3. The Balaban J connectivity index is 0.953. The number of fused-ring (bicyclic) bond motifs is 6. The molecule has 0 bridgehead atoms. The molecule has 4 heterocycles. The van der Waals surface area contributed by atoms with E-state index in [1.54, 1.807) is 0 Å². The summed E-state index contributed by atoms with van der Waals surface area (Å²) >= 11 is 0. The number of anilines is 4. The first-order valence-corrected chi connectivity index (χ1v) is 32.4. The quantitative estimate of drug-likeness (QED) is 0.146. The number of benzene rings is 9. The van der Waals surface area contributed by atoms with Crippen LogP contribution in [0.15, 0.2) is 206 Å². The standard InChI is InChI=1S/C79H80N4OSi/c1-75(2,3)52-39-40-80-71(46-52)83-65-35-26-38-69-72(65)73-66(83)48-58(49-70(73)85(69)67-36-23-19-31-61(67)79(13,14)62-32-20-24-37-68(62)85)84-57-30-25-29-56(47-57)81-63-33-21-22-34-64(63)82(15)74-59(50-27-17-16-18-28-50)44-55(78(10,11)12)45-60(74)51-41-53(76(4,5)6)43-54(42-51)77(7,8)9/h16-49,81H,1-15H3. The lowest BCUT2D eigenvalue weighted by Crippen LogP contribution is -2.77. The van der Waals surface area contributed by atoms with Gasteiger partial charge in [0.1, 0.15) is 17.3 Å². The highest BCUT2D eigenvalue weighted by Gasteiger charge is 2.55. The van der Waals surface area contributed by atoms with Crippen molar-refractivity contribution in [2.45, 2.75) is 124 Å². The Morgan fingerprint density at radius 3 is 1.66 bits per heavy atom. The third kappa shape index (κ3) is 9.22. The Morgan fingerprint density at radius 1 is 0.459 bits per heavy atom. The van der Waals surface area contributed by atoms with Gasteiger partial charge in [0, 0.05) is 58.4 Å². The Bertz CT molecular complexity index is 4380. The number of nitrogens with zero attached hydrogens (tertiary/aromatic N) is 3. The average Bonchev–Trinajstić information content (AvgIpc) is 1.54. The van der Waals surface area contributed by atoms with Gasteiger partial charge in [-0.3, -0.25) is 4.57 Å². The molecule has 0 amide bonds. The molecule has 0 atom stereocenters. The number of pyridine rings is 1. The number of aromatic nitrogens is 2. The second-order valence-electron chi connectivity index (χ2n) is 28.7. The van der Waals surface area contributed by atoms with Crippen LogP contribution < -0.4 is 35.7 Å². The average molecular weight is 1130 g/mol. The predicted molar refractivity (Wildman–Crippen MR) is 364 cm³/mol. The summed E-state index contributed by atoms with van der Waals surface area (Å²) in [5.74, 6) is 2.45. The van der Waals surface area contributed by atoms with Crippen LogP contribution in [0.3, 0.4) is 0 Å². The summed E-state index contributed by atoms with van der Waals surface area (Å²) in [6.07, 6.45) is 1.98. The van der Waals surface area contributed by atoms with Crippen LogP contribution in [0, 0.1) is 0 Å². The number of hydrogen-bond acceptors (Lipinski definition) is 4. The first kappa shape index (κ1) is 55.7. The zero-order valence-corrected chi connectivity index (χ0v) is 53.4. The molecule has 0 saturated carbocycles. The SMILES string of the molecule is CN(c1ccccc1Nc1cccc(Oc2cc3c4c5c(cccc5n(-c5cc(C(C)(C)C)ccn5)c4c2)[Si]32c3ccccc3C(C)(C)c3ccccc32)c1)c1c(-c2ccccc2)cc(C(C)(C)C)cc1-c1cc(C(C)(C)C)cc(C(C)(C)C)c1. The molecular formula is C79H80N4OSi. The maximum absolute atomic E-state index is 7.33. The van der Waals surface area contributed by atoms with Crippen molar-refractivity contribution >= 4 is 73.4 Å². The molecule has 9 aromatic carbocycles. The smallest absolute Gasteiger partial charge is 0.181 e. The lowest BCUT2D eigenvalue weighted by Gasteiger charge is -2.45. The van der Waals surface area contributed by atoms with E-state index in [2.05, 4.69) is 319 Å². The molecule has 2 aromatic heterocycles. The Labute approximate surface area is 505 Å². The maximum atomic E-state index is 7.33. The molecule has 1 spiro atoms. The van der Waals surface area contributed by atoms with Gasteiger partial charge in [0.2, 0.25) is 0 Å². The van der Waals surface area contributed by atoms with Crippen LogP contribution in [0.2, 0.25) is 0 Å². The van der Waals surface area contributed by atoms with Crippen LogP contribution >= 0.6 is 0 Å². The van der Waals surface area contributed by atoms with Crippen molar-refractivity contribution in [1.82, 2.24) is 9.55 Å². The molecule has 6 heteroatoms. The van der Waals surface area contributed by atoms with Crippen LogP contribution in [-0.4, -0.2) is 24.7 Å². The van der Waals surface area contributed by atoms with E-state index in [4.69, 9.17) is 9.72 Å². The van der Waals surface area contributed by atoms with Crippen molar-refractivity contribution < 1.29 is 4.74 Å². The van der Waals surface area contributed by atoms with Gasteiger partial charge < -0.3 is 15.0 Å². The van der Waals surface area contributed by atoms with E-state index < -0.39 is 8.07 Å². The zero-order valence-electron chi connectivity index (χ0n) is 52.4. The number of nitrogens with one attached hydrogen (secondary N) is 1. The maximum Gasteiger partial charge on any atom is 0.181 e. The predicted octanol–water partition coefficient (Wildman–Crippen LogP) is 18.3. The van der Waals surface area contributed by atoms with Crippen molar-refractivity contribution in [3.05, 3.63) is 240 Å². The van der Waals surface area contributed by atoms with E-state index in [0.29, 0.717) is 0 Å². The van der Waals surface area contributed by atoms with Crippen LogP contribution in [0.4, 0.5) is 22.7 Å². The minimum atomic E-state index is -2.94. The number of ether oxygens (including phenoxy) is 1. The van der Waals surface area contributed by atoms with Crippen LogP contribution in [0.5, 0.6) is 11.5 Å². The lowest BCUT2D eigenvalue weighted by molar-refractivity contribution is 0.484. The summed E-state index contributed by atoms with van der Waals surface area (Å²) < 4.78 is 9.72. The van der Waals surface area contributed by atoms with Crippen LogP contribution in [0.1, 0.15) is 130 Å². The topological polar surface area (TPSA) is 42.3 Å². The Kier molecular flexibility index (Phi) is 13.0. The molecular weight excluding hydrogens is 1050 g/mol. The van der Waals surface area contributed by atoms with Crippen LogP contribution in [0.25, 0.3) is 49.9 Å². The fourth-order valence-electron chi connectivity index (χ4n) is 13.9. The number of rotatable bonds is 9. The fourth-order valence-corrected chi connectivity index (χ4v) is 19.9. The van der Waals surface area contributed by atoms with Crippen molar-refractivity contribution in [2.75, 3.05) is 17.3 Å². The Morgan fingerprint density at radius 2 is 1.01 bits per heavy atom. The molecule has 0 fully saturated rings. The lowest BCUT2D eigenvalue weighted by atomic mass is 9.77. The molecule has 13 rings (SSSR count). The second-order valence-corrected chi connectivity index (χ2v) is 32.3. The van der Waals surface area contributed by atoms with Gasteiger partial charge in [-0.1, -0.05) is 224 Å². The highest BCUT2D eigenvalue weighted by molar-refractivity contribution is 7.24. The first-order chi connectivity index (χ1) is 40.3. The van der Waals surface area contributed by atoms with Gasteiger partial charge in [-0.2, -0.15) is 0 Å². The summed E-state index contributed by atoms with van der Waals surface area (Å²) in [6, 6.07) is 75.1. The largest absolute Gasteiger partial charge is 0.457 e. The normalized spacial score (nSPS) is 14.2. The molecule has 5 nitrogen and oxygen atoms in total. The van der Waals surface area contributed by atoms with Gasteiger partial charge in [0.05, 0.1) is 28.1 Å². The summed E-state index contributed by atoms with van der Waals surface area (Å²) in [6.45, 7) is 32.6. The molecule has 0 radical (unpaired) electrons. The van der Waals surface area contributed by atoms with E-state index in [9.17, 15) is 0 Å². The summed E-state index contributed by atoms with van der Waals surface area (Å²) in [4.78, 5) is 7.55. The summed E-state index contributed by atoms with van der Waals surface area (Å²) in [5.41, 5.74) is 18.7. The van der Waals surface area contributed by atoms with Crippen molar-refractivity contribution in [2.24, 2.45) is 0 Å². The molecule has 426 valence electrons. The molecule has 11 aromatic rings. The minimum Gasteiger partial charge on any atom is -0.457 e. The first-order valence-electron chi connectivity index (χ1n) is 30.4. The minimum absolute atomic E-state index is 0.0558. The van der Waals surface area contributed by atoms with Crippen molar-refractivity contribution in [3.63, 3.8) is 0 Å². The number of hydrogen-bond donors (Lipinski definition) is 1. The molecule has 1 N–H and O–H groups in total. The fraction of sp³-hybridized carbons (Fsp3) is 0.253. The van der Waals surface area contributed by atoms with Gasteiger partial charge in [0.15, 0.2) is 8.07 Å². The molecule has 0 saturated heterocycles. The van der Waals surface area contributed by atoms with Gasteiger partial charge in [-0.25, -0.2) is 4.98 Å². The Hall–Kier alpha value is -8.45. The second kappa shape index (κ2) is 19.8. The van der Waals surface area contributed by atoms with Gasteiger partial charge in [-0.05, 0) is 148 Å². The molecule has 2 aliphatic heterocycles. The van der Waals surface area contributed by atoms with Gasteiger partial charge in [-0.15, -0.1) is 0 Å². The molecule has 0 aliphatic carbocycles. The number of para-hydroxylation sites is 2. The summed E-state index contributed by atoms with van der Waals surface area (Å²) in [5, 5.41) is 12.3. The molecule has 0 unspecified atom stereocenters. The summed E-state index contributed by atoms with van der Waals surface area (Å²) in [7, 11) is -0.706. The third-order valence-corrected chi connectivity index (χ3v) is 23.4. The van der Waals surface area contributed by atoms with E-state index in [0.717, 1.165) is 45.6 Å².